The molecule has 4 nitrogen and oxygen atoms in total. The van der Waals surface area contributed by atoms with Gasteiger partial charge in [-0.05, 0) is 37.8 Å². The summed E-state index contributed by atoms with van der Waals surface area (Å²) in [5, 5.41) is 0.124. The van der Waals surface area contributed by atoms with Crippen molar-refractivity contribution in [3.8, 4) is 0 Å². The summed E-state index contributed by atoms with van der Waals surface area (Å²) in [4.78, 5) is 14.1. The SMILES string of the molecule is C[C@H]1O[C@@H](C(C)(C)C)OC(=O)[C@@H]1[C@H](Sc1ccccc1N)C1CCCCC1. The highest BCUT2D eigenvalue weighted by Crippen LogP contribution is 2.45. The van der Waals surface area contributed by atoms with Gasteiger partial charge in [0.15, 0.2) is 0 Å². The number of esters is 1. The first-order chi connectivity index (χ1) is 12.8. The van der Waals surface area contributed by atoms with Gasteiger partial charge in [0.05, 0.1) is 12.0 Å². The Bertz CT molecular complexity index is 651. The number of hydrogen-bond acceptors (Lipinski definition) is 5. The normalized spacial score (nSPS) is 28.6. The topological polar surface area (TPSA) is 61.5 Å². The van der Waals surface area contributed by atoms with Crippen molar-refractivity contribution >= 4 is 23.4 Å². The molecule has 2 aliphatic rings. The van der Waals surface area contributed by atoms with Crippen molar-refractivity contribution in [3.05, 3.63) is 24.3 Å². The molecule has 1 aliphatic heterocycles. The quantitative estimate of drug-likeness (QED) is 0.431. The fourth-order valence-corrected chi connectivity index (χ4v) is 5.72. The number of benzene rings is 1. The molecule has 1 heterocycles. The molecule has 5 heteroatoms. The Morgan fingerprint density at radius 3 is 2.41 bits per heavy atom. The molecule has 27 heavy (non-hydrogen) atoms. The highest BCUT2D eigenvalue weighted by molar-refractivity contribution is 8.00. The fourth-order valence-electron chi connectivity index (χ4n) is 4.13. The minimum absolute atomic E-state index is 0.119. The van der Waals surface area contributed by atoms with Gasteiger partial charge in [-0.15, -0.1) is 11.8 Å². The van der Waals surface area contributed by atoms with E-state index in [0.717, 1.165) is 23.4 Å². The summed E-state index contributed by atoms with van der Waals surface area (Å²) < 4.78 is 12.0. The van der Waals surface area contributed by atoms with Gasteiger partial charge in [-0.2, -0.15) is 0 Å². The average Bonchev–Trinajstić information content (AvgIpc) is 2.62. The van der Waals surface area contributed by atoms with Crippen molar-refractivity contribution in [1.29, 1.82) is 0 Å². The number of carbonyl (C=O) groups is 1. The summed E-state index contributed by atoms with van der Waals surface area (Å²) in [5.41, 5.74) is 6.75. The van der Waals surface area contributed by atoms with E-state index in [1.165, 1.54) is 19.3 Å². The standard InChI is InChI=1S/C22H33NO3S/c1-14-18(20(24)26-21(25-14)22(2,3)4)19(15-10-6-5-7-11-15)27-17-13-9-8-12-16(17)23/h8-9,12-15,18-19,21H,5-7,10-11,23H2,1-4H3/t14-,18+,19-,21-/m1/s1. The third kappa shape index (κ3) is 4.80. The number of thioether (sulfide) groups is 1. The van der Waals surface area contributed by atoms with E-state index in [1.807, 2.05) is 52.0 Å². The number of rotatable bonds is 4. The van der Waals surface area contributed by atoms with Gasteiger partial charge in [0.1, 0.15) is 0 Å². The molecule has 1 aromatic carbocycles. The van der Waals surface area contributed by atoms with Crippen LogP contribution in [0.1, 0.15) is 59.8 Å². The Labute approximate surface area is 167 Å². The Kier molecular flexibility index (Phi) is 6.42. The van der Waals surface area contributed by atoms with E-state index in [-0.39, 0.29) is 28.7 Å². The lowest BCUT2D eigenvalue weighted by molar-refractivity contribution is -0.254. The van der Waals surface area contributed by atoms with Crippen molar-refractivity contribution in [3.63, 3.8) is 0 Å². The number of nitrogen functional groups attached to an aromatic ring is 1. The third-order valence-corrected chi connectivity index (χ3v) is 7.27. The maximum Gasteiger partial charge on any atom is 0.315 e. The van der Waals surface area contributed by atoms with Crippen molar-refractivity contribution in [1.82, 2.24) is 0 Å². The van der Waals surface area contributed by atoms with E-state index in [0.29, 0.717) is 5.92 Å². The van der Waals surface area contributed by atoms with Gasteiger partial charge in [-0.3, -0.25) is 4.79 Å². The third-order valence-electron chi connectivity index (χ3n) is 5.70. The van der Waals surface area contributed by atoms with Crippen LogP contribution in [0.5, 0.6) is 0 Å². The van der Waals surface area contributed by atoms with Crippen LogP contribution in [0.3, 0.4) is 0 Å². The zero-order valence-corrected chi connectivity index (χ0v) is 17.8. The van der Waals surface area contributed by atoms with E-state index >= 15 is 0 Å². The van der Waals surface area contributed by atoms with Crippen molar-refractivity contribution in [2.75, 3.05) is 5.73 Å². The zero-order chi connectivity index (χ0) is 19.6. The lowest BCUT2D eigenvalue weighted by Crippen LogP contribution is -2.52. The first-order valence-corrected chi connectivity index (χ1v) is 11.0. The van der Waals surface area contributed by atoms with Crippen LogP contribution in [0.2, 0.25) is 0 Å². The van der Waals surface area contributed by atoms with Gasteiger partial charge in [-0.25, -0.2) is 0 Å². The molecule has 0 aromatic heterocycles. The first kappa shape index (κ1) is 20.5. The summed E-state index contributed by atoms with van der Waals surface area (Å²) in [6.45, 7) is 8.14. The van der Waals surface area contributed by atoms with Crippen LogP contribution in [0.4, 0.5) is 5.69 Å². The summed E-state index contributed by atoms with van der Waals surface area (Å²) in [7, 11) is 0. The second-order valence-corrected chi connectivity index (χ2v) is 10.2. The fraction of sp³-hybridized carbons (Fsp3) is 0.682. The largest absolute Gasteiger partial charge is 0.435 e. The maximum atomic E-state index is 13.1. The Morgan fingerprint density at radius 1 is 1.15 bits per heavy atom. The van der Waals surface area contributed by atoms with Crippen LogP contribution in [0.15, 0.2) is 29.2 Å². The number of ether oxygens (including phenoxy) is 2. The molecule has 1 saturated carbocycles. The van der Waals surface area contributed by atoms with Crippen LogP contribution in [0, 0.1) is 17.3 Å². The molecule has 3 rings (SSSR count). The van der Waals surface area contributed by atoms with Gasteiger partial charge in [0.2, 0.25) is 6.29 Å². The lowest BCUT2D eigenvalue weighted by atomic mass is 9.80. The Balaban J connectivity index is 1.85. The molecule has 1 saturated heterocycles. The molecule has 1 aliphatic carbocycles. The van der Waals surface area contributed by atoms with Gasteiger partial charge in [0, 0.05) is 21.2 Å². The molecule has 4 atom stereocenters. The molecular formula is C22H33NO3S. The molecule has 0 radical (unpaired) electrons. The van der Waals surface area contributed by atoms with Gasteiger partial charge in [-0.1, -0.05) is 52.2 Å². The maximum absolute atomic E-state index is 13.1. The van der Waals surface area contributed by atoms with E-state index in [1.54, 1.807) is 11.8 Å². The molecule has 0 amide bonds. The van der Waals surface area contributed by atoms with Gasteiger partial charge in [0.25, 0.3) is 0 Å². The van der Waals surface area contributed by atoms with Crippen molar-refractivity contribution in [2.45, 2.75) is 82.3 Å². The molecular weight excluding hydrogens is 358 g/mol. The molecule has 2 fully saturated rings. The van der Waals surface area contributed by atoms with Crippen LogP contribution < -0.4 is 5.73 Å². The molecule has 2 N–H and O–H groups in total. The van der Waals surface area contributed by atoms with Gasteiger partial charge >= 0.3 is 5.97 Å². The number of hydrogen-bond donors (Lipinski definition) is 1. The van der Waals surface area contributed by atoms with Crippen LogP contribution in [-0.2, 0) is 14.3 Å². The van der Waals surface area contributed by atoms with Crippen LogP contribution in [-0.4, -0.2) is 23.6 Å². The summed E-state index contributed by atoms with van der Waals surface area (Å²) >= 11 is 1.74. The number of cyclic esters (lactones) is 1. The summed E-state index contributed by atoms with van der Waals surface area (Å²) in [6.07, 6.45) is 5.40. The predicted octanol–water partition coefficient (Wildman–Crippen LogP) is 5.26. The Morgan fingerprint density at radius 2 is 1.81 bits per heavy atom. The highest BCUT2D eigenvalue weighted by Gasteiger charge is 2.47. The Hall–Kier alpha value is -1.20. The number of anilines is 1. The minimum Gasteiger partial charge on any atom is -0.435 e. The monoisotopic (exact) mass is 391 g/mol. The second kappa shape index (κ2) is 8.44. The van der Waals surface area contributed by atoms with Crippen molar-refractivity contribution < 1.29 is 14.3 Å². The number of para-hydroxylation sites is 1. The number of carbonyl (C=O) groups excluding carboxylic acids is 1. The summed E-state index contributed by atoms with van der Waals surface area (Å²) in [6, 6.07) is 7.93. The second-order valence-electron chi connectivity index (χ2n) is 9.02. The minimum atomic E-state index is -0.491. The molecule has 0 bridgehead atoms. The van der Waals surface area contributed by atoms with Crippen molar-refractivity contribution in [2.24, 2.45) is 17.3 Å². The molecule has 0 unspecified atom stereocenters. The molecule has 150 valence electrons. The van der Waals surface area contributed by atoms with Crippen LogP contribution in [0.25, 0.3) is 0 Å². The lowest BCUT2D eigenvalue weighted by Gasteiger charge is -2.44. The molecule has 1 aromatic rings. The first-order valence-electron chi connectivity index (χ1n) is 10.1. The predicted molar refractivity (Wildman–Crippen MR) is 110 cm³/mol. The number of nitrogens with two attached hydrogens (primary N) is 1. The van der Waals surface area contributed by atoms with Crippen LogP contribution >= 0.6 is 11.8 Å². The van der Waals surface area contributed by atoms with E-state index in [9.17, 15) is 4.79 Å². The summed E-state index contributed by atoms with van der Waals surface area (Å²) in [5.74, 6) is 0.0979. The van der Waals surface area contributed by atoms with E-state index < -0.39 is 6.29 Å². The van der Waals surface area contributed by atoms with E-state index in [2.05, 4.69) is 0 Å². The smallest absolute Gasteiger partial charge is 0.315 e. The van der Waals surface area contributed by atoms with E-state index in [4.69, 9.17) is 15.2 Å². The average molecular weight is 392 g/mol. The van der Waals surface area contributed by atoms with Gasteiger partial charge < -0.3 is 15.2 Å². The highest BCUT2D eigenvalue weighted by atomic mass is 32.2. The molecule has 0 spiro atoms. The zero-order valence-electron chi connectivity index (χ0n) is 16.9.